The van der Waals surface area contributed by atoms with E-state index in [0.717, 1.165) is 6.08 Å². The van der Waals surface area contributed by atoms with Gasteiger partial charge in [-0.2, -0.15) is 0 Å². The first kappa shape index (κ1) is 28.4. The first-order valence-electron chi connectivity index (χ1n) is 12.0. The molecular formula is C25H32O13. The Kier molecular flexibility index (Phi) is 8.72. The molecule has 2 fully saturated rings. The van der Waals surface area contributed by atoms with Gasteiger partial charge in [0, 0.05) is 12.0 Å². The average molecular weight is 541 g/mol. The third-order valence-corrected chi connectivity index (χ3v) is 7.12. The number of hydrogen-bond donors (Lipinski definition) is 7. The van der Waals surface area contributed by atoms with Gasteiger partial charge in [-0.3, -0.25) is 0 Å². The summed E-state index contributed by atoms with van der Waals surface area (Å²) in [6.07, 6.45) is -7.53. The molecule has 7 N–H and O–H groups in total. The molecule has 0 unspecified atom stereocenters. The first-order chi connectivity index (χ1) is 18.1. The van der Waals surface area contributed by atoms with Gasteiger partial charge >= 0.3 is 5.97 Å². The SMILES string of the molecule is COc1ccc(C=CC(=O)OC[C@@]2(O)[C@H]3[C@H](O[C@@H]4O[C@H](CO)[C@@H](O)[C@H](O)[C@H]4O)OC=C[C@H]3[C@H](O)[C@H]2O)cc1. The Morgan fingerprint density at radius 3 is 2.39 bits per heavy atom. The highest BCUT2D eigenvalue weighted by molar-refractivity contribution is 5.87. The number of carbonyl (C=O) groups excluding carboxylic acids is 1. The molecule has 210 valence electrons. The van der Waals surface area contributed by atoms with E-state index in [0.29, 0.717) is 11.3 Å². The van der Waals surface area contributed by atoms with Crippen LogP contribution in [0.15, 0.2) is 42.7 Å². The predicted octanol–water partition coefficient (Wildman–Crippen LogP) is -2.36. The highest BCUT2D eigenvalue weighted by Crippen LogP contribution is 2.47. The zero-order valence-electron chi connectivity index (χ0n) is 20.4. The molecule has 2 heterocycles. The molecule has 38 heavy (non-hydrogen) atoms. The third kappa shape index (κ3) is 5.43. The van der Waals surface area contributed by atoms with E-state index in [1.165, 1.54) is 25.5 Å². The lowest BCUT2D eigenvalue weighted by Gasteiger charge is -2.44. The van der Waals surface area contributed by atoms with Gasteiger partial charge in [-0.15, -0.1) is 0 Å². The summed E-state index contributed by atoms with van der Waals surface area (Å²) in [6, 6.07) is 6.83. The fourth-order valence-corrected chi connectivity index (χ4v) is 4.92. The molecule has 0 spiro atoms. The minimum atomic E-state index is -2.25. The maximum Gasteiger partial charge on any atom is 0.330 e. The van der Waals surface area contributed by atoms with E-state index in [1.807, 2.05) is 0 Å². The number of ether oxygens (including phenoxy) is 5. The predicted molar refractivity (Wildman–Crippen MR) is 126 cm³/mol. The molecule has 3 aliphatic rings. The molecule has 1 aromatic rings. The number of rotatable bonds is 8. The number of aliphatic hydroxyl groups is 7. The summed E-state index contributed by atoms with van der Waals surface area (Å²) in [7, 11) is 1.53. The van der Waals surface area contributed by atoms with Crippen LogP contribution in [0.3, 0.4) is 0 Å². The maximum atomic E-state index is 12.4. The van der Waals surface area contributed by atoms with Crippen LogP contribution in [0.25, 0.3) is 6.08 Å². The zero-order chi connectivity index (χ0) is 27.6. The Morgan fingerprint density at radius 1 is 1.03 bits per heavy atom. The number of fused-ring (bicyclic) bond motifs is 1. The average Bonchev–Trinajstić information content (AvgIpc) is 3.13. The van der Waals surface area contributed by atoms with Crippen LogP contribution in [0.1, 0.15) is 5.56 Å². The van der Waals surface area contributed by atoms with Crippen LogP contribution in [0, 0.1) is 11.8 Å². The fourth-order valence-electron chi connectivity index (χ4n) is 4.92. The summed E-state index contributed by atoms with van der Waals surface area (Å²) >= 11 is 0. The standard InChI is InChI=1S/C25H32O13/c1-34-13-5-2-12(3-6-13)4-7-16(27)36-11-25(33)17-14(18(28)22(25)32)8-9-35-23(17)38-24-21(31)20(30)19(29)15(10-26)37-24/h2-9,14-15,17-24,26,28-33H,10-11H2,1H3/t14-,15-,17-,18+,19-,20+,21-,22-,23+,24+,25-/m1/s1. The van der Waals surface area contributed by atoms with Crippen molar-refractivity contribution in [2.45, 2.75) is 54.8 Å². The van der Waals surface area contributed by atoms with Crippen LogP contribution in [0.5, 0.6) is 5.75 Å². The monoisotopic (exact) mass is 540 g/mol. The third-order valence-electron chi connectivity index (χ3n) is 7.12. The summed E-state index contributed by atoms with van der Waals surface area (Å²) < 4.78 is 26.7. The van der Waals surface area contributed by atoms with Gasteiger partial charge in [0.15, 0.2) is 6.29 Å². The second kappa shape index (κ2) is 11.7. The number of benzene rings is 1. The van der Waals surface area contributed by atoms with E-state index in [9.17, 15) is 40.5 Å². The topological polar surface area (TPSA) is 205 Å². The number of methoxy groups -OCH3 is 1. The van der Waals surface area contributed by atoms with Gasteiger partial charge in [-0.25, -0.2) is 4.79 Å². The Balaban J connectivity index is 1.47. The Bertz CT molecular complexity index is 1010. The van der Waals surface area contributed by atoms with E-state index in [2.05, 4.69) is 0 Å². The fraction of sp³-hybridized carbons (Fsp3) is 0.560. The van der Waals surface area contributed by atoms with Crippen molar-refractivity contribution in [3.05, 3.63) is 48.2 Å². The second-order valence-electron chi connectivity index (χ2n) is 9.41. The summed E-state index contributed by atoms with van der Waals surface area (Å²) in [5.41, 5.74) is -1.58. The number of aliphatic hydroxyl groups excluding tert-OH is 6. The van der Waals surface area contributed by atoms with E-state index < -0.39 is 85.8 Å². The summed E-state index contributed by atoms with van der Waals surface area (Å²) in [5.74, 6) is -2.33. The molecule has 0 bridgehead atoms. The van der Waals surface area contributed by atoms with Crippen LogP contribution in [-0.4, -0.2) is 117 Å². The summed E-state index contributed by atoms with van der Waals surface area (Å²) in [5, 5.41) is 72.5. The maximum absolute atomic E-state index is 12.4. The minimum absolute atomic E-state index is 0.638. The summed E-state index contributed by atoms with van der Waals surface area (Å²) in [4.78, 5) is 12.4. The van der Waals surface area contributed by atoms with E-state index in [-0.39, 0.29) is 0 Å². The van der Waals surface area contributed by atoms with Crippen molar-refractivity contribution in [3.63, 3.8) is 0 Å². The Morgan fingerprint density at radius 2 is 1.74 bits per heavy atom. The highest BCUT2D eigenvalue weighted by atomic mass is 16.8. The van der Waals surface area contributed by atoms with Crippen molar-refractivity contribution < 1.29 is 64.2 Å². The molecule has 2 aliphatic heterocycles. The number of esters is 1. The second-order valence-corrected chi connectivity index (χ2v) is 9.41. The van der Waals surface area contributed by atoms with Gasteiger partial charge in [0.25, 0.3) is 0 Å². The number of hydrogen-bond acceptors (Lipinski definition) is 13. The lowest BCUT2D eigenvalue weighted by Crippen LogP contribution is -2.61. The van der Waals surface area contributed by atoms with Crippen LogP contribution in [0.4, 0.5) is 0 Å². The molecular weight excluding hydrogens is 508 g/mol. The highest BCUT2D eigenvalue weighted by Gasteiger charge is 2.64. The van der Waals surface area contributed by atoms with Crippen LogP contribution in [-0.2, 0) is 23.7 Å². The zero-order valence-corrected chi connectivity index (χ0v) is 20.4. The van der Waals surface area contributed by atoms with Crippen molar-refractivity contribution in [1.29, 1.82) is 0 Å². The van der Waals surface area contributed by atoms with Crippen LogP contribution < -0.4 is 4.74 Å². The van der Waals surface area contributed by atoms with E-state index in [4.69, 9.17) is 23.7 Å². The molecule has 4 rings (SSSR count). The minimum Gasteiger partial charge on any atom is -0.497 e. The molecule has 13 nitrogen and oxygen atoms in total. The van der Waals surface area contributed by atoms with Crippen molar-refractivity contribution in [2.75, 3.05) is 20.3 Å². The smallest absolute Gasteiger partial charge is 0.330 e. The van der Waals surface area contributed by atoms with Crippen molar-refractivity contribution >= 4 is 12.0 Å². The van der Waals surface area contributed by atoms with Gasteiger partial charge in [0.05, 0.1) is 32.0 Å². The molecule has 0 amide bonds. The summed E-state index contributed by atoms with van der Waals surface area (Å²) in [6.45, 7) is -1.44. The molecule has 13 heteroatoms. The van der Waals surface area contributed by atoms with Crippen molar-refractivity contribution in [3.8, 4) is 5.75 Å². The molecule has 1 aliphatic carbocycles. The molecule has 11 atom stereocenters. The van der Waals surface area contributed by atoms with Gasteiger partial charge in [-0.05, 0) is 29.8 Å². The Labute approximate surface area is 217 Å². The van der Waals surface area contributed by atoms with Gasteiger partial charge < -0.3 is 59.4 Å². The molecule has 1 saturated carbocycles. The van der Waals surface area contributed by atoms with Gasteiger partial charge in [-0.1, -0.05) is 12.1 Å². The molecule has 0 radical (unpaired) electrons. The van der Waals surface area contributed by atoms with E-state index in [1.54, 1.807) is 24.3 Å². The number of carbonyl (C=O) groups is 1. The normalized spacial score (nSPS) is 40.5. The lowest BCUT2D eigenvalue weighted by atomic mass is 9.83. The largest absolute Gasteiger partial charge is 0.497 e. The molecule has 1 aromatic carbocycles. The Hall–Kier alpha value is -2.59. The lowest BCUT2D eigenvalue weighted by molar-refractivity contribution is -0.348. The first-order valence-corrected chi connectivity index (χ1v) is 12.0. The van der Waals surface area contributed by atoms with E-state index >= 15 is 0 Å². The molecule has 1 saturated heterocycles. The van der Waals surface area contributed by atoms with Crippen molar-refractivity contribution in [1.82, 2.24) is 0 Å². The van der Waals surface area contributed by atoms with Crippen molar-refractivity contribution in [2.24, 2.45) is 11.8 Å². The van der Waals surface area contributed by atoms with Crippen LogP contribution in [0.2, 0.25) is 0 Å². The van der Waals surface area contributed by atoms with Gasteiger partial charge in [0.1, 0.15) is 48.5 Å². The molecule has 0 aromatic heterocycles. The van der Waals surface area contributed by atoms with Gasteiger partial charge in [0.2, 0.25) is 6.29 Å². The van der Waals surface area contributed by atoms with Crippen LogP contribution >= 0.6 is 0 Å². The quantitative estimate of drug-likeness (QED) is 0.136.